The average Bonchev–Trinajstić information content (AvgIpc) is 2.57. The van der Waals surface area contributed by atoms with E-state index in [0.29, 0.717) is 6.42 Å². The second-order valence-electron chi connectivity index (χ2n) is 2.86. The van der Waals surface area contributed by atoms with E-state index < -0.39 is 0 Å². The normalized spacial score (nSPS) is 19.7. The Labute approximate surface area is 103 Å². The number of hydrogen-bond acceptors (Lipinski definition) is 7. The molecule has 0 aromatic carbocycles. The molecule has 2 heterocycles. The summed E-state index contributed by atoms with van der Waals surface area (Å²) in [6, 6.07) is 0. The highest BCUT2D eigenvalue weighted by atomic mass is 32.2. The summed E-state index contributed by atoms with van der Waals surface area (Å²) < 4.78 is 6.94. The minimum atomic E-state index is -0.181. The van der Waals surface area contributed by atoms with E-state index in [9.17, 15) is 9.59 Å². The van der Waals surface area contributed by atoms with Crippen LogP contribution in [0.1, 0.15) is 6.42 Å². The van der Waals surface area contributed by atoms with Crippen LogP contribution in [0.3, 0.4) is 0 Å². The molecule has 2 rings (SSSR count). The van der Waals surface area contributed by atoms with Gasteiger partial charge in [-0.05, 0) is 0 Å². The zero-order valence-electron chi connectivity index (χ0n) is 7.85. The van der Waals surface area contributed by atoms with Gasteiger partial charge < -0.3 is 4.74 Å². The summed E-state index contributed by atoms with van der Waals surface area (Å²) >= 11 is 5.89. The third-order valence-corrected chi connectivity index (χ3v) is 7.42. The lowest BCUT2D eigenvalue weighted by Crippen LogP contribution is -2.15. The minimum absolute atomic E-state index is 0.138. The number of methoxy groups -OCH3 is 1. The summed E-state index contributed by atoms with van der Waals surface area (Å²) in [6.45, 7) is 0. The van der Waals surface area contributed by atoms with Crippen molar-refractivity contribution in [2.75, 3.05) is 12.9 Å². The van der Waals surface area contributed by atoms with Gasteiger partial charge in [-0.1, -0.05) is 22.7 Å². The molecule has 1 aliphatic heterocycles. The maximum absolute atomic E-state index is 11.2. The number of esters is 1. The Hall–Kier alpha value is 0.0200. The molecule has 1 aliphatic rings. The van der Waals surface area contributed by atoms with E-state index in [1.807, 2.05) is 0 Å². The van der Waals surface area contributed by atoms with Crippen LogP contribution < -0.4 is 4.06 Å². The Morgan fingerprint density at radius 2 is 2.20 bits per heavy atom. The van der Waals surface area contributed by atoms with Crippen LogP contribution in [0.4, 0.5) is 0 Å². The van der Waals surface area contributed by atoms with Crippen molar-refractivity contribution < 1.29 is 9.53 Å². The molecule has 0 aliphatic carbocycles. The maximum Gasteiger partial charge on any atom is 0.306 e. The predicted octanol–water partition coefficient (Wildman–Crippen LogP) is 2.30. The summed E-state index contributed by atoms with van der Waals surface area (Å²) in [5, 5.41) is 0.236. The van der Waals surface area contributed by atoms with Crippen LogP contribution in [0.2, 0.25) is 0 Å². The molecule has 3 nitrogen and oxygen atoms in total. The quantitative estimate of drug-likeness (QED) is 0.778. The lowest BCUT2D eigenvalue weighted by atomic mass is 10.3. The zero-order chi connectivity index (χ0) is 10.8. The molecule has 82 valence electrons. The maximum atomic E-state index is 11.2. The molecular weight excluding hydrogens is 272 g/mol. The molecule has 0 N–H and O–H groups in total. The van der Waals surface area contributed by atoms with Crippen molar-refractivity contribution in [2.45, 2.75) is 20.1 Å². The van der Waals surface area contributed by atoms with E-state index in [2.05, 4.69) is 4.74 Å². The van der Waals surface area contributed by atoms with E-state index in [0.717, 1.165) is 14.2 Å². The molecule has 0 unspecified atom stereocenters. The molecule has 0 fully saturated rings. The molecule has 0 radical (unpaired) electrons. The van der Waals surface area contributed by atoms with Crippen LogP contribution in [-0.4, -0.2) is 24.1 Å². The average molecular weight is 280 g/mol. The summed E-state index contributed by atoms with van der Waals surface area (Å²) in [7, 11) is 1.40. The molecule has 0 spiro atoms. The highest BCUT2D eigenvalue weighted by Crippen LogP contribution is 2.45. The first kappa shape index (κ1) is 11.5. The first-order valence-corrected chi connectivity index (χ1v) is 7.69. The minimum Gasteiger partial charge on any atom is -0.469 e. The van der Waals surface area contributed by atoms with Crippen LogP contribution in [0, 0.1) is 0 Å². The molecule has 0 saturated heterocycles. The van der Waals surface area contributed by atoms with Gasteiger partial charge in [0.05, 0.1) is 21.9 Å². The van der Waals surface area contributed by atoms with Crippen molar-refractivity contribution in [3.63, 3.8) is 0 Å². The van der Waals surface area contributed by atoms with Crippen molar-refractivity contribution in [1.82, 2.24) is 0 Å². The monoisotopic (exact) mass is 280 g/mol. The SMILES string of the molecule is COC(=O)C[C@@H]1CSc2sc(=O)sc2S1. The van der Waals surface area contributed by atoms with Gasteiger partial charge >= 0.3 is 5.97 Å². The van der Waals surface area contributed by atoms with Crippen molar-refractivity contribution >= 4 is 52.2 Å². The topological polar surface area (TPSA) is 43.4 Å². The molecule has 0 bridgehead atoms. The van der Waals surface area contributed by atoms with Gasteiger partial charge in [0.25, 0.3) is 4.06 Å². The zero-order valence-corrected chi connectivity index (χ0v) is 11.1. The van der Waals surface area contributed by atoms with Crippen LogP contribution in [0.15, 0.2) is 13.2 Å². The number of fused-ring (bicyclic) bond motifs is 1. The lowest BCUT2D eigenvalue weighted by molar-refractivity contribution is -0.140. The highest BCUT2D eigenvalue weighted by Gasteiger charge is 2.25. The van der Waals surface area contributed by atoms with Crippen molar-refractivity contribution in [3.8, 4) is 0 Å². The Kier molecular flexibility index (Phi) is 3.76. The number of hydrogen-bond donors (Lipinski definition) is 0. The summed E-state index contributed by atoms with van der Waals surface area (Å²) in [6.07, 6.45) is 0.421. The van der Waals surface area contributed by atoms with E-state index in [1.165, 1.54) is 29.8 Å². The van der Waals surface area contributed by atoms with Gasteiger partial charge in [-0.15, -0.1) is 23.5 Å². The van der Waals surface area contributed by atoms with E-state index in [-0.39, 0.29) is 15.3 Å². The van der Waals surface area contributed by atoms with Gasteiger partial charge in [0, 0.05) is 11.0 Å². The van der Waals surface area contributed by atoms with Crippen LogP contribution in [0.25, 0.3) is 0 Å². The predicted molar refractivity (Wildman–Crippen MR) is 65.5 cm³/mol. The molecule has 1 aromatic rings. The van der Waals surface area contributed by atoms with Crippen molar-refractivity contribution in [3.05, 3.63) is 8.85 Å². The Morgan fingerprint density at radius 3 is 2.93 bits per heavy atom. The molecule has 7 heteroatoms. The molecule has 0 saturated carbocycles. The summed E-state index contributed by atoms with van der Waals surface area (Å²) in [5.74, 6) is 0.693. The second kappa shape index (κ2) is 4.90. The first-order chi connectivity index (χ1) is 7.19. The van der Waals surface area contributed by atoms with Gasteiger partial charge in [0.2, 0.25) is 0 Å². The fourth-order valence-corrected chi connectivity index (χ4v) is 6.90. The number of rotatable bonds is 2. The smallest absolute Gasteiger partial charge is 0.306 e. The van der Waals surface area contributed by atoms with E-state index >= 15 is 0 Å². The van der Waals surface area contributed by atoms with Gasteiger partial charge in [0.1, 0.15) is 0 Å². The first-order valence-electron chi connectivity index (χ1n) is 4.19. The van der Waals surface area contributed by atoms with Crippen LogP contribution >= 0.6 is 46.2 Å². The summed E-state index contributed by atoms with van der Waals surface area (Å²) in [4.78, 5) is 22.3. The third kappa shape index (κ3) is 2.77. The van der Waals surface area contributed by atoms with E-state index in [1.54, 1.807) is 23.5 Å². The van der Waals surface area contributed by atoms with Crippen LogP contribution in [0.5, 0.6) is 0 Å². The number of ether oxygens (including phenoxy) is 1. The Morgan fingerprint density at radius 1 is 1.47 bits per heavy atom. The fourth-order valence-electron chi connectivity index (χ4n) is 1.14. The van der Waals surface area contributed by atoms with Gasteiger partial charge in [-0.2, -0.15) is 0 Å². The molecule has 1 aromatic heterocycles. The lowest BCUT2D eigenvalue weighted by Gasteiger charge is -2.18. The standard InChI is InChI=1S/C8H8O3S4/c1-11-5(9)2-4-3-12-6-7(13-4)15-8(10)14-6/h4H,2-3H2,1H3/t4-/m1/s1. The molecule has 15 heavy (non-hydrogen) atoms. The third-order valence-electron chi connectivity index (χ3n) is 1.81. The number of thioether (sulfide) groups is 2. The van der Waals surface area contributed by atoms with Crippen LogP contribution in [-0.2, 0) is 9.53 Å². The highest BCUT2D eigenvalue weighted by molar-refractivity contribution is 8.08. The number of carbonyl (C=O) groups excluding carboxylic acids is 1. The van der Waals surface area contributed by atoms with E-state index in [4.69, 9.17) is 0 Å². The largest absolute Gasteiger partial charge is 0.469 e. The Bertz CT molecular complexity index is 422. The molecule has 0 amide bonds. The summed E-state index contributed by atoms with van der Waals surface area (Å²) in [5.41, 5.74) is 0. The fraction of sp³-hybridized carbons (Fsp3) is 0.500. The molecular formula is C8H8O3S4. The number of carbonyl (C=O) groups is 1. The Balaban J connectivity index is 2.05. The second-order valence-corrected chi connectivity index (χ2v) is 7.94. The van der Waals surface area contributed by atoms with Gasteiger partial charge in [-0.3, -0.25) is 9.59 Å². The van der Waals surface area contributed by atoms with Crippen molar-refractivity contribution in [2.24, 2.45) is 0 Å². The van der Waals surface area contributed by atoms with Gasteiger partial charge in [-0.25, -0.2) is 0 Å². The molecule has 1 atom stereocenters. The van der Waals surface area contributed by atoms with Crippen molar-refractivity contribution in [1.29, 1.82) is 0 Å². The van der Waals surface area contributed by atoms with Gasteiger partial charge in [0.15, 0.2) is 0 Å².